The van der Waals surface area contributed by atoms with E-state index in [-0.39, 0.29) is 0 Å². The Morgan fingerprint density at radius 2 is 2.20 bits per heavy atom. The van der Waals surface area contributed by atoms with Crippen LogP contribution in [0.3, 0.4) is 0 Å². The molecule has 84 valence electrons. The third kappa shape index (κ3) is 5.07. The van der Waals surface area contributed by atoms with Crippen LogP contribution < -0.4 is 5.32 Å². The highest BCUT2D eigenvalue weighted by molar-refractivity contribution is 7.98. The fraction of sp³-hybridized carbons (Fsp3) is 0.583. The lowest BCUT2D eigenvalue weighted by Gasteiger charge is -2.05. The van der Waals surface area contributed by atoms with Crippen molar-refractivity contribution in [1.82, 2.24) is 4.98 Å². The lowest BCUT2D eigenvalue weighted by atomic mass is 10.4. The number of pyridine rings is 1. The first kappa shape index (κ1) is 12.4. The van der Waals surface area contributed by atoms with Crippen molar-refractivity contribution in [2.24, 2.45) is 0 Å². The molecule has 0 saturated carbocycles. The molecule has 0 saturated heterocycles. The third-order valence-electron chi connectivity index (χ3n) is 2.06. The summed E-state index contributed by atoms with van der Waals surface area (Å²) in [6.07, 6.45) is 2.58. The minimum Gasteiger partial charge on any atom is -0.370 e. The maximum atomic E-state index is 4.53. The van der Waals surface area contributed by atoms with Crippen LogP contribution in [0.1, 0.15) is 32.4 Å². The second-order valence-electron chi connectivity index (χ2n) is 3.45. The summed E-state index contributed by atoms with van der Waals surface area (Å²) < 4.78 is 0. The monoisotopic (exact) mass is 224 g/mol. The fourth-order valence-electron chi connectivity index (χ4n) is 1.26. The molecule has 3 heteroatoms. The summed E-state index contributed by atoms with van der Waals surface area (Å²) in [6, 6.07) is 6.18. The van der Waals surface area contributed by atoms with E-state index in [0.29, 0.717) is 0 Å². The van der Waals surface area contributed by atoms with Gasteiger partial charge < -0.3 is 5.32 Å². The number of hydrogen-bond donors (Lipinski definition) is 1. The average Bonchev–Trinajstić information content (AvgIpc) is 2.26. The molecule has 0 fully saturated rings. The van der Waals surface area contributed by atoms with E-state index in [0.717, 1.165) is 18.1 Å². The molecule has 1 heterocycles. The minimum absolute atomic E-state index is 0.930. The normalized spacial score (nSPS) is 10.3. The zero-order chi connectivity index (χ0) is 10.9. The van der Waals surface area contributed by atoms with Crippen molar-refractivity contribution < 1.29 is 0 Å². The first-order valence-electron chi connectivity index (χ1n) is 5.64. The van der Waals surface area contributed by atoms with Crippen molar-refractivity contribution in [2.45, 2.75) is 32.4 Å². The van der Waals surface area contributed by atoms with E-state index in [1.807, 2.05) is 17.8 Å². The van der Waals surface area contributed by atoms with Crippen LogP contribution in [0.2, 0.25) is 0 Å². The van der Waals surface area contributed by atoms with Gasteiger partial charge in [0.1, 0.15) is 5.82 Å². The molecule has 0 aliphatic carbocycles. The fourth-order valence-corrected chi connectivity index (χ4v) is 2.27. The lowest BCUT2D eigenvalue weighted by Crippen LogP contribution is -2.00. The second kappa shape index (κ2) is 7.57. The molecule has 0 spiro atoms. The number of thioether (sulfide) groups is 1. The number of rotatable bonds is 7. The van der Waals surface area contributed by atoms with E-state index in [2.05, 4.69) is 36.3 Å². The molecule has 1 rings (SSSR count). The standard InChI is InChI=1S/C12H20N2S/c1-3-5-9-15-10-11-7-6-8-12(14-11)13-4-2/h6-8H,3-5,9-10H2,1-2H3,(H,13,14). The van der Waals surface area contributed by atoms with Gasteiger partial charge in [0, 0.05) is 12.3 Å². The van der Waals surface area contributed by atoms with Crippen molar-refractivity contribution in [3.05, 3.63) is 23.9 Å². The molecule has 0 atom stereocenters. The van der Waals surface area contributed by atoms with Gasteiger partial charge in [0.05, 0.1) is 5.69 Å². The van der Waals surface area contributed by atoms with E-state index >= 15 is 0 Å². The Balaban J connectivity index is 2.36. The van der Waals surface area contributed by atoms with Crippen LogP contribution in [0.15, 0.2) is 18.2 Å². The van der Waals surface area contributed by atoms with Crippen LogP contribution in [0.5, 0.6) is 0 Å². The number of unbranched alkanes of at least 4 members (excludes halogenated alkanes) is 1. The lowest BCUT2D eigenvalue weighted by molar-refractivity contribution is 0.895. The molecular formula is C12H20N2S. The molecule has 0 amide bonds. The molecule has 0 aliphatic rings. The topological polar surface area (TPSA) is 24.9 Å². The Hall–Kier alpha value is -0.700. The molecule has 2 nitrogen and oxygen atoms in total. The first-order chi connectivity index (χ1) is 7.36. The van der Waals surface area contributed by atoms with Crippen LogP contribution in [0, 0.1) is 0 Å². The van der Waals surface area contributed by atoms with E-state index in [4.69, 9.17) is 0 Å². The van der Waals surface area contributed by atoms with Crippen LogP contribution in [-0.2, 0) is 5.75 Å². The maximum absolute atomic E-state index is 4.53. The Bertz CT molecular complexity index is 276. The molecule has 15 heavy (non-hydrogen) atoms. The SMILES string of the molecule is CCCCSCc1cccc(NCC)n1. The predicted molar refractivity (Wildman–Crippen MR) is 69.5 cm³/mol. The van der Waals surface area contributed by atoms with Gasteiger partial charge in [-0.3, -0.25) is 0 Å². The smallest absolute Gasteiger partial charge is 0.126 e. The quantitative estimate of drug-likeness (QED) is 0.717. The number of nitrogens with zero attached hydrogens (tertiary/aromatic N) is 1. The van der Waals surface area contributed by atoms with Gasteiger partial charge in [0.15, 0.2) is 0 Å². The summed E-state index contributed by atoms with van der Waals surface area (Å²) in [5, 5.41) is 3.23. The molecule has 1 aromatic heterocycles. The Morgan fingerprint density at radius 1 is 1.33 bits per heavy atom. The van der Waals surface area contributed by atoms with Gasteiger partial charge >= 0.3 is 0 Å². The second-order valence-corrected chi connectivity index (χ2v) is 4.56. The third-order valence-corrected chi connectivity index (χ3v) is 3.13. The summed E-state index contributed by atoms with van der Waals surface area (Å²) >= 11 is 1.97. The summed E-state index contributed by atoms with van der Waals surface area (Å²) in [6.45, 7) is 5.24. The van der Waals surface area contributed by atoms with Crippen LogP contribution >= 0.6 is 11.8 Å². The van der Waals surface area contributed by atoms with Gasteiger partial charge in [-0.2, -0.15) is 11.8 Å². The van der Waals surface area contributed by atoms with Crippen molar-refractivity contribution in [1.29, 1.82) is 0 Å². The largest absolute Gasteiger partial charge is 0.370 e. The predicted octanol–water partition coefficient (Wildman–Crippen LogP) is 3.55. The Morgan fingerprint density at radius 3 is 2.93 bits per heavy atom. The van der Waals surface area contributed by atoms with Crippen molar-refractivity contribution >= 4 is 17.6 Å². The van der Waals surface area contributed by atoms with Crippen molar-refractivity contribution in [3.8, 4) is 0 Å². The highest BCUT2D eigenvalue weighted by Crippen LogP contribution is 2.13. The van der Waals surface area contributed by atoms with Gasteiger partial charge in [0.25, 0.3) is 0 Å². The number of nitrogens with one attached hydrogen (secondary N) is 1. The van der Waals surface area contributed by atoms with Crippen molar-refractivity contribution in [3.63, 3.8) is 0 Å². The Kier molecular flexibility index (Phi) is 6.25. The molecule has 0 radical (unpaired) electrons. The van der Waals surface area contributed by atoms with Crippen LogP contribution in [0.25, 0.3) is 0 Å². The maximum Gasteiger partial charge on any atom is 0.126 e. The minimum atomic E-state index is 0.930. The Labute approximate surface area is 96.9 Å². The summed E-state index contributed by atoms with van der Waals surface area (Å²) in [4.78, 5) is 4.53. The zero-order valence-corrected chi connectivity index (χ0v) is 10.4. The number of anilines is 1. The first-order valence-corrected chi connectivity index (χ1v) is 6.79. The molecule has 0 aliphatic heterocycles. The summed E-state index contributed by atoms with van der Waals surface area (Å²) in [5.74, 6) is 3.26. The molecule has 1 N–H and O–H groups in total. The molecular weight excluding hydrogens is 204 g/mol. The highest BCUT2D eigenvalue weighted by Gasteiger charge is 1.97. The number of aromatic nitrogens is 1. The zero-order valence-electron chi connectivity index (χ0n) is 9.62. The summed E-state index contributed by atoms with van der Waals surface area (Å²) in [7, 11) is 0. The molecule has 0 bridgehead atoms. The van der Waals surface area contributed by atoms with E-state index < -0.39 is 0 Å². The van der Waals surface area contributed by atoms with Crippen molar-refractivity contribution in [2.75, 3.05) is 17.6 Å². The molecule has 0 aromatic carbocycles. The van der Waals surface area contributed by atoms with Gasteiger partial charge in [-0.15, -0.1) is 0 Å². The number of hydrogen-bond acceptors (Lipinski definition) is 3. The van der Waals surface area contributed by atoms with E-state index in [1.165, 1.54) is 24.3 Å². The van der Waals surface area contributed by atoms with E-state index in [1.54, 1.807) is 0 Å². The van der Waals surface area contributed by atoms with E-state index in [9.17, 15) is 0 Å². The van der Waals surface area contributed by atoms with Gasteiger partial charge in [0.2, 0.25) is 0 Å². The van der Waals surface area contributed by atoms with Gasteiger partial charge in [-0.25, -0.2) is 4.98 Å². The average molecular weight is 224 g/mol. The van der Waals surface area contributed by atoms with Crippen LogP contribution in [0.4, 0.5) is 5.82 Å². The van der Waals surface area contributed by atoms with Gasteiger partial charge in [-0.1, -0.05) is 19.4 Å². The molecule has 0 unspecified atom stereocenters. The van der Waals surface area contributed by atoms with Gasteiger partial charge in [-0.05, 0) is 31.2 Å². The molecule has 1 aromatic rings. The highest BCUT2D eigenvalue weighted by atomic mass is 32.2. The summed E-state index contributed by atoms with van der Waals surface area (Å²) in [5.41, 5.74) is 1.18. The van der Waals surface area contributed by atoms with Crippen LogP contribution in [-0.4, -0.2) is 17.3 Å².